The fraction of sp³-hybridized carbons (Fsp3) is 0.593. The van der Waals surface area contributed by atoms with E-state index in [9.17, 15) is 9.59 Å². The van der Waals surface area contributed by atoms with Crippen LogP contribution in [0.5, 0.6) is 5.75 Å². The molecule has 35 heavy (non-hydrogen) atoms. The van der Waals surface area contributed by atoms with E-state index in [0.717, 1.165) is 29.8 Å². The molecule has 1 aliphatic carbocycles. The molecule has 0 radical (unpaired) electrons. The number of methoxy groups -OCH3 is 1. The van der Waals surface area contributed by atoms with Crippen molar-refractivity contribution < 1.29 is 19.1 Å². The van der Waals surface area contributed by atoms with Gasteiger partial charge >= 0.3 is 0 Å². The quantitative estimate of drug-likeness (QED) is 0.657. The number of hydrogen-bond acceptors (Lipinski definition) is 5. The first kappa shape index (κ1) is 23.9. The molecule has 0 spiro atoms. The number of likely N-dealkylation sites (tertiary alicyclic amines) is 1. The number of hydrogen-bond donors (Lipinski definition) is 1. The number of fused-ring (bicyclic) bond motifs is 1. The molecule has 2 fully saturated rings. The van der Waals surface area contributed by atoms with E-state index in [0.29, 0.717) is 50.8 Å². The summed E-state index contributed by atoms with van der Waals surface area (Å²) in [6.45, 7) is 2.13. The lowest BCUT2D eigenvalue weighted by Gasteiger charge is -2.32. The number of nitrogens with zero attached hydrogens (tertiary/aromatic N) is 3. The first-order valence-electron chi connectivity index (χ1n) is 13.0. The molecule has 1 saturated carbocycles. The van der Waals surface area contributed by atoms with Crippen LogP contribution in [0.25, 0.3) is 0 Å². The van der Waals surface area contributed by atoms with Crippen molar-refractivity contribution in [2.24, 2.45) is 5.92 Å². The monoisotopic (exact) mass is 480 g/mol. The van der Waals surface area contributed by atoms with Crippen molar-refractivity contribution in [1.29, 1.82) is 0 Å². The molecule has 0 unspecified atom stereocenters. The fourth-order valence-corrected chi connectivity index (χ4v) is 5.56. The van der Waals surface area contributed by atoms with Crippen molar-refractivity contribution in [2.75, 3.05) is 20.2 Å². The molecule has 1 N–H and O–H groups in total. The Balaban J connectivity index is 1.15. The van der Waals surface area contributed by atoms with Crippen molar-refractivity contribution >= 4 is 11.8 Å². The van der Waals surface area contributed by atoms with Crippen molar-refractivity contribution in [1.82, 2.24) is 19.8 Å². The molecule has 2 aliphatic heterocycles. The Morgan fingerprint density at radius 2 is 1.74 bits per heavy atom. The van der Waals surface area contributed by atoms with E-state index in [1.807, 2.05) is 33.7 Å². The number of carbonyl (C=O) groups is 2. The van der Waals surface area contributed by atoms with Gasteiger partial charge in [-0.05, 0) is 43.4 Å². The molecular formula is C27H36N4O4. The number of carbonyl (C=O) groups excluding carboxylic acids is 2. The number of ether oxygens (including phenoxy) is 2. The molecule has 5 rings (SSSR count). The summed E-state index contributed by atoms with van der Waals surface area (Å²) in [6, 6.07) is 8.19. The van der Waals surface area contributed by atoms with E-state index >= 15 is 0 Å². The van der Waals surface area contributed by atoms with Gasteiger partial charge < -0.3 is 24.3 Å². The molecule has 2 aromatic rings. The summed E-state index contributed by atoms with van der Waals surface area (Å²) in [5.74, 6) is 0.910. The highest BCUT2D eigenvalue weighted by Gasteiger charge is 2.32. The van der Waals surface area contributed by atoms with E-state index in [1.54, 1.807) is 13.4 Å². The van der Waals surface area contributed by atoms with Crippen molar-refractivity contribution in [3.63, 3.8) is 0 Å². The van der Waals surface area contributed by atoms with E-state index in [-0.39, 0.29) is 23.8 Å². The van der Waals surface area contributed by atoms with Crippen LogP contribution in [0.1, 0.15) is 79.2 Å². The summed E-state index contributed by atoms with van der Waals surface area (Å²) < 4.78 is 13.4. The van der Waals surface area contributed by atoms with Crippen molar-refractivity contribution in [3.05, 3.63) is 47.5 Å². The van der Waals surface area contributed by atoms with Gasteiger partial charge in [0.2, 0.25) is 5.91 Å². The minimum Gasteiger partial charge on any atom is -0.497 e. The van der Waals surface area contributed by atoms with Crippen LogP contribution in [0.4, 0.5) is 0 Å². The average molecular weight is 481 g/mol. The van der Waals surface area contributed by atoms with Gasteiger partial charge in [0.25, 0.3) is 5.91 Å². The summed E-state index contributed by atoms with van der Waals surface area (Å²) in [6.07, 6.45) is 10.2. The first-order chi connectivity index (χ1) is 17.1. The summed E-state index contributed by atoms with van der Waals surface area (Å²) in [5, 5.41) is 3.28. The van der Waals surface area contributed by atoms with Crippen LogP contribution in [0.15, 0.2) is 30.6 Å². The maximum atomic E-state index is 13.3. The predicted octanol–water partition coefficient (Wildman–Crippen LogP) is 3.85. The van der Waals surface area contributed by atoms with E-state index < -0.39 is 0 Å². The third-order valence-corrected chi connectivity index (χ3v) is 7.77. The molecule has 188 valence electrons. The summed E-state index contributed by atoms with van der Waals surface area (Å²) in [4.78, 5) is 32.4. The van der Waals surface area contributed by atoms with Gasteiger partial charge in [-0.2, -0.15) is 0 Å². The predicted molar refractivity (Wildman–Crippen MR) is 131 cm³/mol. The fourth-order valence-electron chi connectivity index (χ4n) is 5.56. The molecule has 0 bridgehead atoms. The second-order valence-electron chi connectivity index (χ2n) is 10.0. The number of piperidine rings is 1. The number of imidazole rings is 1. The normalized spacial score (nSPS) is 21.7. The zero-order chi connectivity index (χ0) is 24.2. The Hall–Kier alpha value is -2.87. The zero-order valence-corrected chi connectivity index (χ0v) is 20.6. The number of benzene rings is 1. The van der Waals surface area contributed by atoms with Gasteiger partial charge in [-0.1, -0.05) is 37.8 Å². The Labute approximate surface area is 207 Å². The molecule has 1 saturated heterocycles. The highest BCUT2D eigenvalue weighted by atomic mass is 16.5. The van der Waals surface area contributed by atoms with Crippen LogP contribution in [0.2, 0.25) is 0 Å². The third kappa shape index (κ3) is 5.37. The van der Waals surface area contributed by atoms with Crippen LogP contribution < -0.4 is 10.1 Å². The lowest BCUT2D eigenvalue weighted by molar-refractivity contribution is -0.127. The van der Waals surface area contributed by atoms with Crippen molar-refractivity contribution in [3.8, 4) is 5.75 Å². The van der Waals surface area contributed by atoms with Gasteiger partial charge in [0.05, 0.1) is 32.3 Å². The molecule has 8 heteroatoms. The first-order valence-corrected chi connectivity index (χ1v) is 13.0. The average Bonchev–Trinajstić information content (AvgIpc) is 3.16. The Morgan fingerprint density at radius 1 is 1.03 bits per heavy atom. The SMILES string of the molecule is COc1ccc([C@@H]2Cn3cnc(C(=O)N4CCC(C(=O)NC5CCCCCC5)CC4)c3CO2)cc1. The van der Waals surface area contributed by atoms with Gasteiger partial charge in [-0.15, -0.1) is 0 Å². The lowest BCUT2D eigenvalue weighted by Crippen LogP contribution is -2.45. The number of aromatic nitrogens is 2. The second-order valence-corrected chi connectivity index (χ2v) is 10.0. The smallest absolute Gasteiger partial charge is 0.274 e. The Kier molecular flexibility index (Phi) is 7.37. The van der Waals surface area contributed by atoms with Crippen LogP contribution in [-0.4, -0.2) is 52.5 Å². The molecular weight excluding hydrogens is 444 g/mol. The van der Waals surface area contributed by atoms with E-state index in [2.05, 4.69) is 10.3 Å². The van der Waals surface area contributed by atoms with Crippen molar-refractivity contribution in [2.45, 2.75) is 76.7 Å². The second kappa shape index (κ2) is 10.8. The maximum Gasteiger partial charge on any atom is 0.274 e. The Bertz CT molecular complexity index is 1020. The topological polar surface area (TPSA) is 85.7 Å². The molecule has 8 nitrogen and oxygen atoms in total. The molecule has 1 aromatic heterocycles. The lowest BCUT2D eigenvalue weighted by atomic mass is 9.94. The van der Waals surface area contributed by atoms with E-state index in [4.69, 9.17) is 9.47 Å². The van der Waals surface area contributed by atoms with Crippen LogP contribution >= 0.6 is 0 Å². The number of nitrogens with one attached hydrogen (secondary N) is 1. The number of amides is 2. The highest BCUT2D eigenvalue weighted by molar-refractivity contribution is 5.93. The largest absolute Gasteiger partial charge is 0.497 e. The van der Waals surface area contributed by atoms with Gasteiger partial charge in [0.15, 0.2) is 5.69 Å². The molecule has 3 aliphatic rings. The summed E-state index contributed by atoms with van der Waals surface area (Å²) in [5.41, 5.74) is 2.37. The van der Waals surface area contributed by atoms with Gasteiger partial charge in [0, 0.05) is 25.0 Å². The standard InChI is InChI=1S/C27H36N4O4/c1-34-22-10-8-19(9-11-22)24-16-31-18-28-25(23(31)17-35-24)27(33)30-14-12-20(13-15-30)26(32)29-21-6-4-2-3-5-7-21/h8-11,18,20-21,24H,2-7,12-17H2,1H3,(H,29,32)/t24-/m0/s1. The third-order valence-electron chi connectivity index (χ3n) is 7.77. The molecule has 1 aromatic carbocycles. The Morgan fingerprint density at radius 3 is 2.43 bits per heavy atom. The maximum absolute atomic E-state index is 13.3. The summed E-state index contributed by atoms with van der Waals surface area (Å²) >= 11 is 0. The number of rotatable bonds is 5. The zero-order valence-electron chi connectivity index (χ0n) is 20.6. The highest BCUT2D eigenvalue weighted by Crippen LogP contribution is 2.30. The van der Waals surface area contributed by atoms with Gasteiger partial charge in [-0.25, -0.2) is 4.98 Å². The van der Waals surface area contributed by atoms with Crippen LogP contribution in [0.3, 0.4) is 0 Å². The van der Waals surface area contributed by atoms with Gasteiger partial charge in [-0.3, -0.25) is 9.59 Å². The van der Waals surface area contributed by atoms with Crippen LogP contribution in [-0.2, 0) is 22.7 Å². The molecule has 3 heterocycles. The molecule has 2 amide bonds. The minimum atomic E-state index is -0.0896. The van der Waals surface area contributed by atoms with E-state index in [1.165, 1.54) is 25.7 Å². The van der Waals surface area contributed by atoms with Crippen LogP contribution in [0, 0.1) is 5.92 Å². The summed E-state index contributed by atoms with van der Waals surface area (Å²) in [7, 11) is 1.65. The minimum absolute atomic E-state index is 0.00759. The van der Waals surface area contributed by atoms with Gasteiger partial charge in [0.1, 0.15) is 11.9 Å². The molecule has 1 atom stereocenters.